The lowest BCUT2D eigenvalue weighted by Gasteiger charge is -2.28. The van der Waals surface area contributed by atoms with Gasteiger partial charge in [-0.3, -0.25) is 0 Å². The molecule has 2 nitrogen and oxygen atoms in total. The highest BCUT2D eigenvalue weighted by molar-refractivity contribution is 5.06. The van der Waals surface area contributed by atoms with Crippen molar-refractivity contribution in [3.63, 3.8) is 0 Å². The van der Waals surface area contributed by atoms with Gasteiger partial charge >= 0.3 is 0 Å². The Morgan fingerprint density at radius 1 is 1.25 bits per heavy atom. The second kappa shape index (κ2) is 5.83. The molecule has 2 rings (SSSR count). The summed E-state index contributed by atoms with van der Waals surface area (Å²) in [6.45, 7) is 6.08. The third-order valence-electron chi connectivity index (χ3n) is 3.77. The average molecular weight is 224 g/mol. The van der Waals surface area contributed by atoms with Crippen molar-refractivity contribution in [3.05, 3.63) is 11.6 Å². The van der Waals surface area contributed by atoms with Gasteiger partial charge in [-0.1, -0.05) is 18.6 Å². The lowest BCUT2D eigenvalue weighted by molar-refractivity contribution is -0.191. The number of hydrogen-bond acceptors (Lipinski definition) is 2. The third kappa shape index (κ3) is 3.60. The van der Waals surface area contributed by atoms with Gasteiger partial charge in [0, 0.05) is 5.92 Å². The van der Waals surface area contributed by atoms with Gasteiger partial charge < -0.3 is 9.47 Å². The quantitative estimate of drug-likeness (QED) is 0.683. The van der Waals surface area contributed by atoms with E-state index in [0.29, 0.717) is 5.92 Å². The largest absolute Gasteiger partial charge is 0.353 e. The van der Waals surface area contributed by atoms with Crippen molar-refractivity contribution in [1.82, 2.24) is 0 Å². The second-order valence-corrected chi connectivity index (χ2v) is 5.38. The molecule has 2 aliphatic rings. The van der Waals surface area contributed by atoms with Crippen LogP contribution in [0.25, 0.3) is 0 Å². The monoisotopic (exact) mass is 224 g/mol. The zero-order chi connectivity index (χ0) is 11.4. The predicted molar refractivity (Wildman–Crippen MR) is 65.2 cm³/mol. The number of rotatable bonds is 3. The van der Waals surface area contributed by atoms with Crippen LogP contribution in [0.2, 0.25) is 0 Å². The van der Waals surface area contributed by atoms with Gasteiger partial charge in [0.15, 0.2) is 6.29 Å². The minimum atomic E-state index is 0.00555. The van der Waals surface area contributed by atoms with Gasteiger partial charge in [-0.25, -0.2) is 0 Å². The van der Waals surface area contributed by atoms with Crippen LogP contribution in [-0.4, -0.2) is 19.5 Å². The first kappa shape index (κ1) is 12.1. The van der Waals surface area contributed by atoms with Gasteiger partial charge in [0.1, 0.15) is 0 Å². The molecule has 0 aromatic rings. The molecule has 2 heteroatoms. The Labute approximate surface area is 99.0 Å². The highest BCUT2D eigenvalue weighted by Crippen LogP contribution is 2.27. The fourth-order valence-corrected chi connectivity index (χ4v) is 2.44. The van der Waals surface area contributed by atoms with Crippen LogP contribution in [0.3, 0.4) is 0 Å². The van der Waals surface area contributed by atoms with Crippen LogP contribution in [0.5, 0.6) is 0 Å². The molecule has 0 saturated carbocycles. The first-order chi connectivity index (χ1) is 7.74. The maximum atomic E-state index is 5.51. The highest BCUT2D eigenvalue weighted by atomic mass is 16.7. The van der Waals surface area contributed by atoms with Crippen molar-refractivity contribution in [2.45, 2.75) is 52.2 Å². The number of ether oxygens (including phenoxy) is 2. The molecule has 0 aromatic carbocycles. The van der Waals surface area contributed by atoms with E-state index in [1.807, 2.05) is 6.92 Å². The van der Waals surface area contributed by atoms with Crippen molar-refractivity contribution in [2.24, 2.45) is 11.8 Å². The van der Waals surface area contributed by atoms with E-state index in [4.69, 9.17) is 9.47 Å². The average Bonchev–Trinajstić information content (AvgIpc) is 2.30. The molecule has 0 aromatic heterocycles. The van der Waals surface area contributed by atoms with Crippen LogP contribution in [0.1, 0.15) is 46.0 Å². The van der Waals surface area contributed by atoms with E-state index in [2.05, 4.69) is 13.0 Å². The summed E-state index contributed by atoms with van der Waals surface area (Å²) in [5, 5.41) is 0. The summed E-state index contributed by atoms with van der Waals surface area (Å²) < 4.78 is 11.0. The fourth-order valence-electron chi connectivity index (χ4n) is 2.44. The molecule has 16 heavy (non-hydrogen) atoms. The van der Waals surface area contributed by atoms with E-state index >= 15 is 0 Å². The summed E-state index contributed by atoms with van der Waals surface area (Å²) in [5.41, 5.74) is 1.66. The Morgan fingerprint density at radius 3 is 2.62 bits per heavy atom. The van der Waals surface area contributed by atoms with Crippen molar-refractivity contribution in [3.8, 4) is 0 Å². The molecule has 0 radical (unpaired) electrons. The van der Waals surface area contributed by atoms with E-state index in [0.717, 1.165) is 19.1 Å². The summed E-state index contributed by atoms with van der Waals surface area (Å²) in [4.78, 5) is 0. The standard InChI is InChI=1S/C14H24O2/c1-11-3-5-13(6-4-11)7-8-14-9-15-12(2)16-10-14/h5,11-12,14H,3-4,6-10H2,1-2H3. The molecule has 1 unspecified atom stereocenters. The van der Waals surface area contributed by atoms with Gasteiger partial charge in [-0.15, -0.1) is 0 Å². The second-order valence-electron chi connectivity index (χ2n) is 5.38. The summed E-state index contributed by atoms with van der Waals surface area (Å²) >= 11 is 0. The Hall–Kier alpha value is -0.340. The molecule has 92 valence electrons. The Bertz CT molecular complexity index is 239. The zero-order valence-corrected chi connectivity index (χ0v) is 10.6. The number of allylic oxidation sites excluding steroid dienone is 2. The maximum Gasteiger partial charge on any atom is 0.154 e. The predicted octanol–water partition coefficient (Wildman–Crippen LogP) is 3.52. The lowest BCUT2D eigenvalue weighted by Crippen LogP contribution is -2.30. The fraction of sp³-hybridized carbons (Fsp3) is 0.857. The van der Waals surface area contributed by atoms with Crippen molar-refractivity contribution >= 4 is 0 Å². The summed E-state index contributed by atoms with van der Waals surface area (Å²) in [6.07, 6.45) is 8.91. The van der Waals surface area contributed by atoms with E-state index < -0.39 is 0 Å². The Balaban J connectivity index is 1.67. The molecule has 1 aliphatic heterocycles. The summed E-state index contributed by atoms with van der Waals surface area (Å²) in [7, 11) is 0. The molecule has 1 fully saturated rings. The van der Waals surface area contributed by atoms with E-state index in [1.54, 1.807) is 5.57 Å². The van der Waals surface area contributed by atoms with Gasteiger partial charge in [0.25, 0.3) is 0 Å². The van der Waals surface area contributed by atoms with E-state index in [-0.39, 0.29) is 6.29 Å². The Morgan fingerprint density at radius 2 is 2.00 bits per heavy atom. The smallest absolute Gasteiger partial charge is 0.154 e. The van der Waals surface area contributed by atoms with E-state index in [1.165, 1.54) is 32.1 Å². The number of hydrogen-bond donors (Lipinski definition) is 0. The molecular weight excluding hydrogens is 200 g/mol. The van der Waals surface area contributed by atoms with E-state index in [9.17, 15) is 0 Å². The molecule has 0 N–H and O–H groups in total. The van der Waals surface area contributed by atoms with Crippen LogP contribution >= 0.6 is 0 Å². The van der Waals surface area contributed by atoms with Crippen LogP contribution in [-0.2, 0) is 9.47 Å². The van der Waals surface area contributed by atoms with Crippen LogP contribution < -0.4 is 0 Å². The van der Waals surface area contributed by atoms with Crippen LogP contribution in [0.4, 0.5) is 0 Å². The van der Waals surface area contributed by atoms with Crippen LogP contribution in [0, 0.1) is 11.8 Å². The first-order valence-corrected chi connectivity index (χ1v) is 6.65. The molecule has 0 bridgehead atoms. The first-order valence-electron chi connectivity index (χ1n) is 6.65. The minimum Gasteiger partial charge on any atom is -0.353 e. The maximum absolute atomic E-state index is 5.51. The molecule has 1 aliphatic carbocycles. The summed E-state index contributed by atoms with van der Waals surface area (Å²) in [6, 6.07) is 0. The van der Waals surface area contributed by atoms with Gasteiger partial charge in [0.05, 0.1) is 13.2 Å². The minimum absolute atomic E-state index is 0.00555. The summed E-state index contributed by atoms with van der Waals surface area (Å²) in [5.74, 6) is 1.50. The Kier molecular flexibility index (Phi) is 4.42. The lowest BCUT2D eigenvalue weighted by atomic mass is 9.87. The molecule has 1 atom stereocenters. The van der Waals surface area contributed by atoms with Crippen molar-refractivity contribution < 1.29 is 9.47 Å². The molecule has 1 heterocycles. The molecule has 0 amide bonds. The van der Waals surface area contributed by atoms with Gasteiger partial charge in [-0.2, -0.15) is 0 Å². The van der Waals surface area contributed by atoms with Gasteiger partial charge in [0.2, 0.25) is 0 Å². The molecular formula is C14H24O2. The normalized spacial score (nSPS) is 35.9. The SMILES string of the molecule is CC1CC=C(CCC2COC(C)OC2)CC1. The topological polar surface area (TPSA) is 18.5 Å². The van der Waals surface area contributed by atoms with Crippen molar-refractivity contribution in [2.75, 3.05) is 13.2 Å². The third-order valence-corrected chi connectivity index (χ3v) is 3.77. The van der Waals surface area contributed by atoms with Gasteiger partial charge in [-0.05, 0) is 44.9 Å². The molecule has 0 spiro atoms. The zero-order valence-electron chi connectivity index (χ0n) is 10.6. The van der Waals surface area contributed by atoms with Crippen LogP contribution in [0.15, 0.2) is 11.6 Å². The highest BCUT2D eigenvalue weighted by Gasteiger charge is 2.19. The molecule has 1 saturated heterocycles. The van der Waals surface area contributed by atoms with Crippen molar-refractivity contribution in [1.29, 1.82) is 0 Å².